The van der Waals surface area contributed by atoms with Crippen molar-refractivity contribution in [3.8, 4) is 28.2 Å². The largest absolute Gasteiger partial charge is 0.452 e. The molecule has 0 saturated heterocycles. The van der Waals surface area contributed by atoms with Crippen LogP contribution in [0, 0.1) is 0 Å². The van der Waals surface area contributed by atoms with Crippen molar-refractivity contribution in [1.29, 1.82) is 0 Å². The van der Waals surface area contributed by atoms with E-state index in [-0.39, 0.29) is 0 Å². The summed E-state index contributed by atoms with van der Waals surface area (Å²) >= 11 is 0. The molecule has 7 aromatic carbocycles. The number of aromatic nitrogens is 2. The number of hydrogen-bond acceptors (Lipinski definition) is 3. The van der Waals surface area contributed by atoms with Gasteiger partial charge in [0.25, 0.3) is 0 Å². The van der Waals surface area contributed by atoms with Crippen LogP contribution in [0.25, 0.3) is 93.9 Å². The van der Waals surface area contributed by atoms with E-state index in [9.17, 15) is 0 Å². The van der Waals surface area contributed by atoms with Crippen molar-refractivity contribution < 1.29 is 8.83 Å². The minimum absolute atomic E-state index is 0.791. The lowest BCUT2D eigenvalue weighted by molar-refractivity contribution is 0.633. The molecular formula is C41H24N2O2. The number of furan rings is 2. The van der Waals surface area contributed by atoms with E-state index in [2.05, 4.69) is 126 Å². The summed E-state index contributed by atoms with van der Waals surface area (Å²) in [7, 11) is 0. The van der Waals surface area contributed by atoms with E-state index in [0.29, 0.717) is 0 Å². The first kappa shape index (κ1) is 24.3. The lowest BCUT2D eigenvalue weighted by atomic mass is 10.0. The Hall–Kier alpha value is -6.13. The van der Waals surface area contributed by atoms with Crippen LogP contribution in [0.3, 0.4) is 0 Å². The minimum Gasteiger partial charge on any atom is -0.452 e. The standard InChI is InChI=1S/C41H24N2O2/c1-2-10-29-26(8-1)9-7-12-33(29)41-42-35-13-4-5-14-36(35)43(41)28-19-16-25(17-20-28)27-18-23-38-34(24-27)32-22-21-31-30-11-3-6-15-37(30)44-39(31)40(32)45-38/h1-24H. The van der Waals surface area contributed by atoms with Gasteiger partial charge in [-0.15, -0.1) is 0 Å². The predicted octanol–water partition coefficient (Wildman–Crippen LogP) is 11.3. The quantitative estimate of drug-likeness (QED) is 0.210. The second-order valence-corrected chi connectivity index (χ2v) is 11.6. The molecule has 45 heavy (non-hydrogen) atoms. The van der Waals surface area contributed by atoms with Gasteiger partial charge in [0.05, 0.1) is 11.0 Å². The first-order valence-corrected chi connectivity index (χ1v) is 15.1. The summed E-state index contributed by atoms with van der Waals surface area (Å²) in [4.78, 5) is 5.13. The summed E-state index contributed by atoms with van der Waals surface area (Å²) in [6, 6.07) is 50.9. The molecule has 10 rings (SSSR count). The maximum absolute atomic E-state index is 6.38. The number of nitrogens with zero attached hydrogens (tertiary/aromatic N) is 2. The lowest BCUT2D eigenvalue weighted by Crippen LogP contribution is -1.98. The molecular weight excluding hydrogens is 552 g/mol. The van der Waals surface area contributed by atoms with Gasteiger partial charge >= 0.3 is 0 Å². The average Bonchev–Trinajstić information content (AvgIpc) is 3.79. The highest BCUT2D eigenvalue weighted by Gasteiger charge is 2.18. The SMILES string of the molecule is c1ccc2c(-c3nc4ccccc4n3-c3ccc(-c4ccc5oc6c(ccc7c8ccccc8oc76)c5c4)cc3)cccc2c1. The second-order valence-electron chi connectivity index (χ2n) is 11.6. The van der Waals surface area contributed by atoms with Crippen molar-refractivity contribution in [1.82, 2.24) is 9.55 Å². The van der Waals surface area contributed by atoms with Gasteiger partial charge in [0.15, 0.2) is 11.2 Å². The van der Waals surface area contributed by atoms with Crippen molar-refractivity contribution in [3.63, 3.8) is 0 Å². The summed E-state index contributed by atoms with van der Waals surface area (Å²) in [6.07, 6.45) is 0. The summed E-state index contributed by atoms with van der Waals surface area (Å²) in [5, 5.41) is 6.70. The van der Waals surface area contributed by atoms with E-state index in [1.54, 1.807) is 0 Å². The normalized spacial score (nSPS) is 12.0. The Morgan fingerprint density at radius 2 is 1.13 bits per heavy atom. The Morgan fingerprint density at radius 3 is 2.00 bits per heavy atom. The van der Waals surface area contributed by atoms with Crippen LogP contribution >= 0.6 is 0 Å². The van der Waals surface area contributed by atoms with Crippen molar-refractivity contribution in [2.24, 2.45) is 0 Å². The van der Waals surface area contributed by atoms with Crippen LogP contribution < -0.4 is 0 Å². The fourth-order valence-electron chi connectivity index (χ4n) is 6.89. The minimum atomic E-state index is 0.791. The topological polar surface area (TPSA) is 44.1 Å². The Labute approximate surface area is 257 Å². The molecule has 0 bridgehead atoms. The van der Waals surface area contributed by atoms with E-state index in [4.69, 9.17) is 13.8 Å². The number of fused-ring (bicyclic) bond motifs is 9. The van der Waals surface area contributed by atoms with E-state index in [0.717, 1.165) is 83.1 Å². The van der Waals surface area contributed by atoms with Crippen molar-refractivity contribution >= 4 is 65.7 Å². The number of imidazole rings is 1. The molecule has 0 unspecified atom stereocenters. The number of hydrogen-bond donors (Lipinski definition) is 0. The molecule has 0 aliphatic heterocycles. The van der Waals surface area contributed by atoms with Gasteiger partial charge in [-0.1, -0.05) is 91.0 Å². The number of benzene rings is 7. The van der Waals surface area contributed by atoms with Crippen LogP contribution in [0.1, 0.15) is 0 Å². The third-order valence-electron chi connectivity index (χ3n) is 9.03. The molecule has 0 saturated carbocycles. The molecule has 0 spiro atoms. The van der Waals surface area contributed by atoms with Crippen molar-refractivity contribution in [2.45, 2.75) is 0 Å². The molecule has 10 aromatic rings. The maximum Gasteiger partial charge on any atom is 0.178 e. The molecule has 3 heterocycles. The maximum atomic E-state index is 6.38. The molecule has 0 aliphatic carbocycles. The molecule has 0 atom stereocenters. The van der Waals surface area contributed by atoms with Gasteiger partial charge in [-0.2, -0.15) is 0 Å². The molecule has 0 radical (unpaired) electrons. The van der Waals surface area contributed by atoms with Gasteiger partial charge in [0, 0.05) is 32.8 Å². The highest BCUT2D eigenvalue weighted by molar-refractivity contribution is 6.19. The van der Waals surface area contributed by atoms with E-state index in [1.807, 2.05) is 24.3 Å². The van der Waals surface area contributed by atoms with Crippen LogP contribution in [0.2, 0.25) is 0 Å². The van der Waals surface area contributed by atoms with Gasteiger partial charge in [0.1, 0.15) is 17.0 Å². The first-order valence-electron chi connectivity index (χ1n) is 15.1. The van der Waals surface area contributed by atoms with Gasteiger partial charge in [0.2, 0.25) is 0 Å². The van der Waals surface area contributed by atoms with Gasteiger partial charge in [-0.3, -0.25) is 4.57 Å². The highest BCUT2D eigenvalue weighted by Crippen LogP contribution is 2.40. The van der Waals surface area contributed by atoms with E-state index in [1.165, 1.54) is 10.8 Å². The molecule has 3 aromatic heterocycles. The summed E-state index contributed by atoms with van der Waals surface area (Å²) in [5.41, 5.74) is 9.81. The summed E-state index contributed by atoms with van der Waals surface area (Å²) < 4.78 is 14.9. The van der Waals surface area contributed by atoms with Crippen LogP contribution in [0.5, 0.6) is 0 Å². The lowest BCUT2D eigenvalue weighted by Gasteiger charge is -2.12. The fourth-order valence-corrected chi connectivity index (χ4v) is 6.89. The van der Waals surface area contributed by atoms with Crippen molar-refractivity contribution in [2.75, 3.05) is 0 Å². The Morgan fingerprint density at radius 1 is 0.467 bits per heavy atom. The van der Waals surface area contributed by atoms with E-state index >= 15 is 0 Å². The zero-order valence-electron chi connectivity index (χ0n) is 24.1. The summed E-state index contributed by atoms with van der Waals surface area (Å²) in [5.74, 6) is 0.934. The first-order chi connectivity index (χ1) is 22.3. The van der Waals surface area contributed by atoms with E-state index < -0.39 is 0 Å². The molecule has 0 amide bonds. The van der Waals surface area contributed by atoms with Crippen LogP contribution in [0.4, 0.5) is 0 Å². The third-order valence-corrected chi connectivity index (χ3v) is 9.03. The second kappa shape index (κ2) is 9.18. The molecule has 0 N–H and O–H groups in total. The Kier molecular flexibility index (Phi) is 4.96. The van der Waals surface area contributed by atoms with Crippen LogP contribution in [-0.4, -0.2) is 9.55 Å². The summed E-state index contributed by atoms with van der Waals surface area (Å²) in [6.45, 7) is 0. The highest BCUT2D eigenvalue weighted by atomic mass is 16.4. The zero-order valence-corrected chi connectivity index (χ0v) is 24.1. The smallest absolute Gasteiger partial charge is 0.178 e. The molecule has 210 valence electrons. The van der Waals surface area contributed by atoms with Gasteiger partial charge in [-0.25, -0.2) is 4.98 Å². The molecule has 4 heteroatoms. The number of rotatable bonds is 3. The molecule has 0 fully saturated rings. The molecule has 0 aliphatic rings. The van der Waals surface area contributed by atoms with Crippen LogP contribution in [-0.2, 0) is 0 Å². The van der Waals surface area contributed by atoms with Crippen molar-refractivity contribution in [3.05, 3.63) is 146 Å². The fraction of sp³-hybridized carbons (Fsp3) is 0. The molecule has 4 nitrogen and oxygen atoms in total. The third kappa shape index (κ3) is 3.57. The Bertz CT molecular complexity index is 2760. The zero-order chi connectivity index (χ0) is 29.5. The Balaban J connectivity index is 1.10. The number of para-hydroxylation sites is 3. The monoisotopic (exact) mass is 576 g/mol. The van der Waals surface area contributed by atoms with Crippen LogP contribution in [0.15, 0.2) is 154 Å². The van der Waals surface area contributed by atoms with Gasteiger partial charge in [-0.05, 0) is 76.5 Å². The average molecular weight is 577 g/mol. The van der Waals surface area contributed by atoms with Gasteiger partial charge < -0.3 is 8.83 Å². The predicted molar refractivity (Wildman–Crippen MR) is 184 cm³/mol.